The second-order valence-corrected chi connectivity index (χ2v) is 9.20. The van der Waals surface area contributed by atoms with Crippen LogP contribution >= 0.6 is 0 Å². The van der Waals surface area contributed by atoms with Gasteiger partial charge >= 0.3 is 5.97 Å². The van der Waals surface area contributed by atoms with Gasteiger partial charge in [0.15, 0.2) is 11.9 Å². The number of rotatable bonds is 8. The molecule has 40 heavy (non-hydrogen) atoms. The van der Waals surface area contributed by atoms with Crippen LogP contribution in [-0.4, -0.2) is 56.3 Å². The molecule has 5 aromatic rings. The minimum Gasteiger partial charge on any atom is -0.496 e. The Bertz CT molecular complexity index is 1800. The third-order valence-corrected chi connectivity index (χ3v) is 6.38. The van der Waals surface area contributed by atoms with E-state index in [1.54, 1.807) is 50.4 Å². The molecular weight excluding hydrogens is 512 g/mol. The number of aromatic nitrogens is 2. The zero-order chi connectivity index (χ0) is 28.4. The number of carbonyl (C=O) groups excluding carboxylic acids is 1. The van der Waals surface area contributed by atoms with Gasteiger partial charge in [0, 0.05) is 31.4 Å². The van der Waals surface area contributed by atoms with Gasteiger partial charge < -0.3 is 23.5 Å². The average molecular weight is 541 g/mol. The molecule has 0 aliphatic rings. The highest BCUT2D eigenvalue weighted by atomic mass is 16.6. The Morgan fingerprint density at radius 3 is 2.58 bits per heavy atom. The normalized spacial score (nSPS) is 12.1. The first-order valence-corrected chi connectivity index (χ1v) is 12.5. The largest absolute Gasteiger partial charge is 0.496 e. The number of para-hydroxylation sites is 1. The molecule has 10 nitrogen and oxygen atoms in total. The summed E-state index contributed by atoms with van der Waals surface area (Å²) in [4.78, 5) is 32.3. The number of carbonyl (C=O) groups is 1. The number of nitrogens with zero attached hydrogens (tertiary/aromatic N) is 4. The molecule has 0 spiro atoms. The molecule has 3 aromatic carbocycles. The van der Waals surface area contributed by atoms with Crippen LogP contribution in [0, 0.1) is 0 Å². The third-order valence-electron chi connectivity index (χ3n) is 6.38. The quantitative estimate of drug-likeness (QED) is 0.206. The molecule has 0 N–H and O–H groups in total. The summed E-state index contributed by atoms with van der Waals surface area (Å²) in [6.45, 7) is 1.60. The Morgan fingerprint density at radius 1 is 1.02 bits per heavy atom. The van der Waals surface area contributed by atoms with Crippen molar-refractivity contribution < 1.29 is 23.4 Å². The fourth-order valence-corrected chi connectivity index (χ4v) is 4.25. The summed E-state index contributed by atoms with van der Waals surface area (Å²) in [6.07, 6.45) is 0.629. The number of hydrogen-bond acceptors (Lipinski definition) is 9. The molecule has 5 rings (SSSR count). The molecule has 0 aliphatic carbocycles. The predicted octanol–water partition coefficient (Wildman–Crippen LogP) is 4.71. The monoisotopic (exact) mass is 540 g/mol. The van der Waals surface area contributed by atoms with E-state index in [1.807, 2.05) is 49.3 Å². The SMILES string of the molecule is COC(=O)[C@@H](C)Oc1cc(N(C)C)ccc1C=Nn1c(-c2cc3c(OC)cccc3o2)nc2ccccc2c1=O. The fraction of sp³-hybridized carbons (Fsp3) is 0.200. The van der Waals surface area contributed by atoms with Gasteiger partial charge in [-0.3, -0.25) is 4.79 Å². The molecule has 0 fully saturated rings. The Balaban J connectivity index is 1.67. The topological polar surface area (TPSA) is 108 Å². The number of fused-ring (bicyclic) bond motifs is 2. The van der Waals surface area contributed by atoms with E-state index in [2.05, 4.69) is 5.10 Å². The van der Waals surface area contributed by atoms with Gasteiger partial charge in [0.25, 0.3) is 5.56 Å². The third kappa shape index (κ3) is 4.98. The number of furan rings is 1. The van der Waals surface area contributed by atoms with Crippen molar-refractivity contribution in [2.75, 3.05) is 33.2 Å². The number of esters is 1. The molecule has 0 bridgehead atoms. The van der Waals surface area contributed by atoms with Crippen molar-refractivity contribution in [2.45, 2.75) is 13.0 Å². The molecule has 1 atom stereocenters. The Morgan fingerprint density at radius 2 is 1.82 bits per heavy atom. The van der Waals surface area contributed by atoms with Gasteiger partial charge in [0.1, 0.15) is 17.1 Å². The highest BCUT2D eigenvalue weighted by molar-refractivity contribution is 5.89. The number of anilines is 1. The number of methoxy groups -OCH3 is 2. The molecule has 2 heterocycles. The first-order chi connectivity index (χ1) is 19.3. The summed E-state index contributed by atoms with van der Waals surface area (Å²) in [6, 6.07) is 19.7. The van der Waals surface area contributed by atoms with E-state index < -0.39 is 12.1 Å². The number of hydrogen-bond donors (Lipinski definition) is 0. The van der Waals surface area contributed by atoms with E-state index in [1.165, 1.54) is 18.0 Å². The predicted molar refractivity (Wildman–Crippen MR) is 154 cm³/mol. The molecule has 10 heteroatoms. The van der Waals surface area contributed by atoms with E-state index in [9.17, 15) is 9.59 Å². The minimum absolute atomic E-state index is 0.216. The Labute approximate surface area is 230 Å². The van der Waals surface area contributed by atoms with Crippen molar-refractivity contribution in [2.24, 2.45) is 5.10 Å². The molecule has 2 aromatic heterocycles. The van der Waals surface area contributed by atoms with Crippen LogP contribution < -0.4 is 19.9 Å². The summed E-state index contributed by atoms with van der Waals surface area (Å²) in [5.74, 6) is 1.07. The molecular formula is C30H28N4O6. The highest BCUT2D eigenvalue weighted by Gasteiger charge is 2.19. The van der Waals surface area contributed by atoms with Crippen LogP contribution in [0.3, 0.4) is 0 Å². The van der Waals surface area contributed by atoms with Gasteiger partial charge in [-0.2, -0.15) is 9.78 Å². The van der Waals surface area contributed by atoms with Crippen LogP contribution in [-0.2, 0) is 9.53 Å². The van der Waals surface area contributed by atoms with Gasteiger partial charge in [0.2, 0.25) is 5.82 Å². The van der Waals surface area contributed by atoms with E-state index in [0.29, 0.717) is 39.3 Å². The number of benzene rings is 3. The van der Waals surface area contributed by atoms with Crippen LogP contribution in [0.15, 0.2) is 81.0 Å². The lowest BCUT2D eigenvalue weighted by Gasteiger charge is -2.18. The van der Waals surface area contributed by atoms with Crippen LogP contribution in [0.2, 0.25) is 0 Å². The fourth-order valence-electron chi connectivity index (χ4n) is 4.25. The molecule has 0 radical (unpaired) electrons. The van der Waals surface area contributed by atoms with Crippen molar-refractivity contribution >= 4 is 39.7 Å². The zero-order valence-corrected chi connectivity index (χ0v) is 22.7. The van der Waals surface area contributed by atoms with E-state index in [4.69, 9.17) is 23.6 Å². The summed E-state index contributed by atoms with van der Waals surface area (Å²) in [5, 5.41) is 5.68. The van der Waals surface area contributed by atoms with Crippen molar-refractivity contribution in [3.63, 3.8) is 0 Å². The van der Waals surface area contributed by atoms with Gasteiger partial charge in [0.05, 0.1) is 36.7 Å². The first-order valence-electron chi connectivity index (χ1n) is 12.5. The maximum Gasteiger partial charge on any atom is 0.346 e. The van der Waals surface area contributed by atoms with Crippen LogP contribution in [0.4, 0.5) is 5.69 Å². The molecule has 0 amide bonds. The summed E-state index contributed by atoms with van der Waals surface area (Å²) in [7, 11) is 6.67. The molecule has 0 unspecified atom stereocenters. The van der Waals surface area contributed by atoms with E-state index in [0.717, 1.165) is 11.1 Å². The van der Waals surface area contributed by atoms with Crippen molar-refractivity contribution in [1.29, 1.82) is 0 Å². The molecule has 0 saturated heterocycles. The first kappa shape index (κ1) is 26.5. The van der Waals surface area contributed by atoms with Crippen molar-refractivity contribution in [3.05, 3.63) is 82.6 Å². The highest BCUT2D eigenvalue weighted by Crippen LogP contribution is 2.33. The second-order valence-electron chi connectivity index (χ2n) is 9.20. The average Bonchev–Trinajstić information content (AvgIpc) is 3.41. The maximum absolute atomic E-state index is 13.7. The minimum atomic E-state index is -0.860. The van der Waals surface area contributed by atoms with Gasteiger partial charge in [-0.15, -0.1) is 0 Å². The van der Waals surface area contributed by atoms with E-state index in [-0.39, 0.29) is 11.4 Å². The Kier molecular flexibility index (Phi) is 7.24. The Hall–Kier alpha value is -5.12. The van der Waals surface area contributed by atoms with Crippen molar-refractivity contribution in [3.8, 4) is 23.1 Å². The lowest BCUT2D eigenvalue weighted by atomic mass is 10.2. The summed E-state index contributed by atoms with van der Waals surface area (Å²) in [5.41, 5.74) is 2.11. The van der Waals surface area contributed by atoms with Gasteiger partial charge in [-0.05, 0) is 49.4 Å². The maximum atomic E-state index is 13.7. The van der Waals surface area contributed by atoms with Crippen LogP contribution in [0.25, 0.3) is 33.5 Å². The molecule has 0 aliphatic heterocycles. The lowest BCUT2D eigenvalue weighted by Crippen LogP contribution is -2.25. The smallest absolute Gasteiger partial charge is 0.346 e. The number of ether oxygens (including phenoxy) is 3. The van der Waals surface area contributed by atoms with Gasteiger partial charge in [-0.25, -0.2) is 9.78 Å². The van der Waals surface area contributed by atoms with Crippen LogP contribution in [0.5, 0.6) is 11.5 Å². The second kappa shape index (κ2) is 10.9. The van der Waals surface area contributed by atoms with Gasteiger partial charge in [-0.1, -0.05) is 18.2 Å². The molecule has 204 valence electrons. The van der Waals surface area contributed by atoms with Crippen molar-refractivity contribution in [1.82, 2.24) is 9.66 Å². The lowest BCUT2D eigenvalue weighted by molar-refractivity contribution is -0.147. The zero-order valence-electron chi connectivity index (χ0n) is 22.7. The standard InChI is InChI=1S/C30H28N4O6/c1-18(30(36)38-5)39-26-15-20(33(2)3)14-13-19(26)17-31-34-28(32-23-10-7-6-9-21(23)29(34)35)27-16-22-24(37-4)11-8-12-25(22)40-27/h6-18H,1-5H3/t18-/m1/s1. The summed E-state index contributed by atoms with van der Waals surface area (Å²) >= 11 is 0. The molecule has 0 saturated carbocycles. The summed E-state index contributed by atoms with van der Waals surface area (Å²) < 4.78 is 23.5. The van der Waals surface area contributed by atoms with Crippen LogP contribution in [0.1, 0.15) is 12.5 Å². The van der Waals surface area contributed by atoms with E-state index >= 15 is 0 Å².